The summed E-state index contributed by atoms with van der Waals surface area (Å²) < 4.78 is 6.10. The Labute approximate surface area is 110 Å². The number of aliphatic hydroxyl groups excluding tert-OH is 1. The fourth-order valence-corrected chi connectivity index (χ4v) is 3.68. The normalized spacial score (nSPS) is 33.5. The van der Waals surface area contributed by atoms with E-state index in [2.05, 4.69) is 5.32 Å². The Morgan fingerprint density at radius 2 is 1.94 bits per heavy atom. The molecule has 1 aliphatic heterocycles. The van der Waals surface area contributed by atoms with Crippen molar-refractivity contribution in [3.63, 3.8) is 0 Å². The van der Waals surface area contributed by atoms with Crippen LogP contribution in [0, 0.1) is 5.92 Å². The molecule has 3 aliphatic rings. The molecule has 0 aromatic carbocycles. The highest BCUT2D eigenvalue weighted by atomic mass is 16.5. The molecule has 1 heterocycles. The summed E-state index contributed by atoms with van der Waals surface area (Å²) in [6.45, 7) is 1.68. The predicted octanol–water partition coefficient (Wildman–Crippen LogP) is 2.23. The quantitative estimate of drug-likeness (QED) is 0.807. The first-order valence-corrected chi connectivity index (χ1v) is 7.83. The number of nitrogens with one attached hydrogen (secondary N) is 1. The van der Waals surface area contributed by atoms with Crippen molar-refractivity contribution >= 4 is 0 Å². The van der Waals surface area contributed by atoms with E-state index in [1.54, 1.807) is 0 Å². The van der Waals surface area contributed by atoms with Crippen LogP contribution >= 0.6 is 0 Å². The summed E-state index contributed by atoms with van der Waals surface area (Å²) in [5.74, 6) is 0.584. The maximum atomic E-state index is 9.93. The standard InChI is InChI=1S/C15H27NO2/c17-14(12-4-5-12)11-16-13-6-9-18-15(10-13)7-2-1-3-8-15/h12-14,16-17H,1-11H2. The molecule has 2 atom stereocenters. The van der Waals surface area contributed by atoms with Crippen LogP contribution in [0.3, 0.4) is 0 Å². The molecule has 0 aromatic rings. The van der Waals surface area contributed by atoms with Crippen LogP contribution in [0.1, 0.15) is 57.8 Å². The SMILES string of the molecule is OC(CNC1CCOC2(CCCCC2)C1)C1CC1. The van der Waals surface area contributed by atoms with Gasteiger partial charge in [-0.05, 0) is 44.4 Å². The van der Waals surface area contributed by atoms with Gasteiger partial charge in [0.2, 0.25) is 0 Å². The van der Waals surface area contributed by atoms with E-state index in [4.69, 9.17) is 4.74 Å². The lowest BCUT2D eigenvalue weighted by atomic mass is 9.78. The highest BCUT2D eigenvalue weighted by Gasteiger charge is 2.38. The van der Waals surface area contributed by atoms with Crippen molar-refractivity contribution < 1.29 is 9.84 Å². The molecular weight excluding hydrogens is 226 g/mol. The van der Waals surface area contributed by atoms with Gasteiger partial charge in [-0.3, -0.25) is 0 Å². The molecular formula is C15H27NO2. The summed E-state index contributed by atoms with van der Waals surface area (Å²) in [6, 6.07) is 0.560. The lowest BCUT2D eigenvalue weighted by Gasteiger charge is -2.44. The third-order valence-corrected chi connectivity index (χ3v) is 5.04. The molecule has 104 valence electrons. The van der Waals surface area contributed by atoms with Gasteiger partial charge < -0.3 is 15.2 Å². The van der Waals surface area contributed by atoms with E-state index in [9.17, 15) is 5.11 Å². The third-order valence-electron chi connectivity index (χ3n) is 5.04. The van der Waals surface area contributed by atoms with Gasteiger partial charge in [-0.25, -0.2) is 0 Å². The lowest BCUT2D eigenvalue weighted by Crippen LogP contribution is -2.49. The maximum absolute atomic E-state index is 9.93. The Morgan fingerprint density at radius 3 is 2.67 bits per heavy atom. The van der Waals surface area contributed by atoms with Crippen LogP contribution in [0.25, 0.3) is 0 Å². The molecule has 18 heavy (non-hydrogen) atoms. The summed E-state index contributed by atoms with van der Waals surface area (Å²) in [5, 5.41) is 13.5. The fourth-order valence-electron chi connectivity index (χ4n) is 3.68. The summed E-state index contributed by atoms with van der Waals surface area (Å²) in [5.41, 5.74) is 0.179. The Bertz CT molecular complexity index is 266. The summed E-state index contributed by atoms with van der Waals surface area (Å²) >= 11 is 0. The zero-order chi connectivity index (χ0) is 12.4. The van der Waals surface area contributed by atoms with Crippen molar-refractivity contribution in [3.05, 3.63) is 0 Å². The molecule has 3 heteroatoms. The zero-order valence-electron chi connectivity index (χ0n) is 11.4. The number of hydrogen-bond acceptors (Lipinski definition) is 3. The molecule has 0 bridgehead atoms. The van der Waals surface area contributed by atoms with E-state index < -0.39 is 0 Å². The van der Waals surface area contributed by atoms with Crippen LogP contribution in [0.5, 0.6) is 0 Å². The number of aliphatic hydroxyl groups is 1. The Morgan fingerprint density at radius 1 is 1.17 bits per heavy atom. The smallest absolute Gasteiger partial charge is 0.0697 e. The average molecular weight is 253 g/mol. The summed E-state index contributed by atoms with van der Waals surface area (Å²) in [6.07, 6.45) is 11.1. The Hall–Kier alpha value is -0.120. The van der Waals surface area contributed by atoms with E-state index in [1.165, 1.54) is 44.9 Å². The van der Waals surface area contributed by atoms with Crippen molar-refractivity contribution in [2.24, 2.45) is 5.92 Å². The molecule has 2 N–H and O–H groups in total. The van der Waals surface area contributed by atoms with Gasteiger partial charge >= 0.3 is 0 Å². The van der Waals surface area contributed by atoms with Crippen LogP contribution in [0.4, 0.5) is 0 Å². The van der Waals surface area contributed by atoms with Crippen LogP contribution in [0.2, 0.25) is 0 Å². The molecule has 3 nitrogen and oxygen atoms in total. The van der Waals surface area contributed by atoms with Gasteiger partial charge in [-0.2, -0.15) is 0 Å². The van der Waals surface area contributed by atoms with E-state index >= 15 is 0 Å². The van der Waals surface area contributed by atoms with Crippen molar-refractivity contribution in [2.45, 2.75) is 75.5 Å². The molecule has 3 rings (SSSR count). The first-order chi connectivity index (χ1) is 8.77. The minimum absolute atomic E-state index is 0.116. The predicted molar refractivity (Wildman–Crippen MR) is 71.5 cm³/mol. The molecule has 0 aromatic heterocycles. The van der Waals surface area contributed by atoms with Crippen LogP contribution in [-0.4, -0.2) is 36.0 Å². The largest absolute Gasteiger partial charge is 0.392 e. The molecule has 0 radical (unpaired) electrons. The second-order valence-corrected chi connectivity index (χ2v) is 6.59. The van der Waals surface area contributed by atoms with Crippen molar-refractivity contribution in [2.75, 3.05) is 13.2 Å². The van der Waals surface area contributed by atoms with Gasteiger partial charge in [0.15, 0.2) is 0 Å². The molecule has 2 unspecified atom stereocenters. The maximum Gasteiger partial charge on any atom is 0.0697 e. The van der Waals surface area contributed by atoms with E-state index in [0.29, 0.717) is 12.0 Å². The second kappa shape index (κ2) is 5.48. The molecule has 0 amide bonds. The highest BCUT2D eigenvalue weighted by Crippen LogP contribution is 2.38. The molecule has 2 aliphatic carbocycles. The minimum Gasteiger partial charge on any atom is -0.392 e. The van der Waals surface area contributed by atoms with Gasteiger partial charge in [0.25, 0.3) is 0 Å². The molecule has 2 saturated carbocycles. The number of ether oxygens (including phenoxy) is 1. The van der Waals surface area contributed by atoms with Crippen molar-refractivity contribution in [1.29, 1.82) is 0 Å². The summed E-state index contributed by atoms with van der Waals surface area (Å²) in [7, 11) is 0. The highest BCUT2D eigenvalue weighted by molar-refractivity contribution is 4.93. The summed E-state index contributed by atoms with van der Waals surface area (Å²) in [4.78, 5) is 0. The van der Waals surface area contributed by atoms with E-state index in [-0.39, 0.29) is 11.7 Å². The van der Waals surface area contributed by atoms with Crippen LogP contribution in [0.15, 0.2) is 0 Å². The van der Waals surface area contributed by atoms with Crippen molar-refractivity contribution in [1.82, 2.24) is 5.32 Å². The minimum atomic E-state index is -0.116. The molecule has 1 saturated heterocycles. The zero-order valence-corrected chi connectivity index (χ0v) is 11.4. The van der Waals surface area contributed by atoms with Gasteiger partial charge in [0, 0.05) is 19.2 Å². The number of hydrogen-bond donors (Lipinski definition) is 2. The Kier molecular flexibility index (Phi) is 3.92. The topological polar surface area (TPSA) is 41.5 Å². The third kappa shape index (κ3) is 3.06. The van der Waals surface area contributed by atoms with Crippen LogP contribution < -0.4 is 5.32 Å². The van der Waals surface area contributed by atoms with E-state index in [1.807, 2.05) is 0 Å². The monoisotopic (exact) mass is 253 g/mol. The molecule has 3 fully saturated rings. The Balaban J connectivity index is 1.47. The first-order valence-electron chi connectivity index (χ1n) is 7.83. The second-order valence-electron chi connectivity index (χ2n) is 6.59. The van der Waals surface area contributed by atoms with Gasteiger partial charge in [-0.15, -0.1) is 0 Å². The van der Waals surface area contributed by atoms with E-state index in [0.717, 1.165) is 26.0 Å². The lowest BCUT2D eigenvalue weighted by molar-refractivity contribution is -0.109. The fraction of sp³-hybridized carbons (Fsp3) is 1.00. The molecule has 1 spiro atoms. The van der Waals surface area contributed by atoms with Crippen molar-refractivity contribution in [3.8, 4) is 0 Å². The van der Waals surface area contributed by atoms with Gasteiger partial charge in [0.05, 0.1) is 11.7 Å². The van der Waals surface area contributed by atoms with Gasteiger partial charge in [0.1, 0.15) is 0 Å². The van der Waals surface area contributed by atoms with Gasteiger partial charge in [-0.1, -0.05) is 19.3 Å². The first kappa shape index (κ1) is 12.9. The van der Waals surface area contributed by atoms with Crippen LogP contribution in [-0.2, 0) is 4.74 Å². The number of rotatable bonds is 4. The average Bonchev–Trinajstić information content (AvgIpc) is 3.21.